The topological polar surface area (TPSA) is 78.7 Å². The van der Waals surface area contributed by atoms with Crippen LogP contribution in [0.15, 0.2) is 24.3 Å². The molecular weight excluding hydrogens is 448 g/mol. The van der Waals surface area contributed by atoms with Crippen LogP contribution in [-0.4, -0.2) is 115 Å². The van der Waals surface area contributed by atoms with Crippen LogP contribution in [0.25, 0.3) is 0 Å². The quantitative estimate of drug-likeness (QED) is 0.354. The molecule has 2 saturated heterocycles. The maximum absolute atomic E-state index is 3.60. The van der Waals surface area contributed by atoms with Crippen LogP contribution in [0.3, 0.4) is 0 Å². The van der Waals surface area contributed by atoms with Crippen LogP contribution in [0.4, 0.5) is 0 Å². The van der Waals surface area contributed by atoms with Gasteiger partial charge in [-0.2, -0.15) is 0 Å². The van der Waals surface area contributed by atoms with Crippen molar-refractivity contribution in [2.24, 2.45) is 0 Å². The van der Waals surface area contributed by atoms with Crippen molar-refractivity contribution in [1.29, 1.82) is 0 Å². The summed E-state index contributed by atoms with van der Waals surface area (Å²) in [6.07, 6.45) is 4.83. The number of hydrogen-bond acceptors (Lipinski definition) is 8. The number of rotatable bonds is 4. The number of nitrogens with one attached hydrogen (secondary N) is 6. The minimum atomic E-state index is 1.04. The summed E-state index contributed by atoms with van der Waals surface area (Å²) in [6, 6.07) is 9.43. The van der Waals surface area contributed by atoms with Crippen molar-refractivity contribution in [3.8, 4) is 0 Å². The molecule has 0 bridgehead atoms. The van der Waals surface area contributed by atoms with Gasteiger partial charge in [-0.15, -0.1) is 0 Å². The van der Waals surface area contributed by atoms with Gasteiger partial charge >= 0.3 is 0 Å². The molecule has 36 heavy (non-hydrogen) atoms. The van der Waals surface area contributed by atoms with E-state index in [4.69, 9.17) is 0 Å². The Morgan fingerprint density at radius 3 is 1.19 bits per heavy atom. The van der Waals surface area contributed by atoms with Gasteiger partial charge in [0.1, 0.15) is 0 Å². The zero-order valence-corrected chi connectivity index (χ0v) is 22.8. The van der Waals surface area contributed by atoms with E-state index < -0.39 is 0 Å². The number of nitrogens with zero attached hydrogens (tertiary/aromatic N) is 2. The molecule has 0 atom stereocenters. The average molecular weight is 503 g/mol. The van der Waals surface area contributed by atoms with Gasteiger partial charge < -0.3 is 31.9 Å². The largest absolute Gasteiger partial charge is 0.317 e. The first kappa shape index (κ1) is 29.5. The molecule has 8 nitrogen and oxygen atoms in total. The van der Waals surface area contributed by atoms with E-state index in [0.29, 0.717) is 0 Å². The predicted molar refractivity (Wildman–Crippen MR) is 153 cm³/mol. The Kier molecular flexibility index (Phi) is 16.3. The monoisotopic (exact) mass is 502 g/mol. The SMILES string of the molecule is c1cc(CN2CCCNCCCNCCNCC2)ccc1CN1CCCNCCNCCNCCC1. The average Bonchev–Trinajstić information content (AvgIpc) is 2.89. The summed E-state index contributed by atoms with van der Waals surface area (Å²) in [4.78, 5) is 5.25. The van der Waals surface area contributed by atoms with Crippen LogP contribution >= 0.6 is 0 Å². The van der Waals surface area contributed by atoms with Gasteiger partial charge in [0.05, 0.1) is 0 Å². The lowest BCUT2D eigenvalue weighted by atomic mass is 10.1. The van der Waals surface area contributed by atoms with Gasteiger partial charge in [-0.25, -0.2) is 0 Å². The lowest BCUT2D eigenvalue weighted by Crippen LogP contribution is -2.37. The van der Waals surface area contributed by atoms with Crippen LogP contribution in [-0.2, 0) is 13.1 Å². The van der Waals surface area contributed by atoms with Gasteiger partial charge in [-0.05, 0) is 89.2 Å². The Morgan fingerprint density at radius 1 is 0.389 bits per heavy atom. The normalized spacial score (nSPS) is 22.9. The van der Waals surface area contributed by atoms with Crippen molar-refractivity contribution in [3.05, 3.63) is 35.4 Å². The summed E-state index contributed by atoms with van der Waals surface area (Å²) in [6.45, 7) is 19.6. The molecule has 6 N–H and O–H groups in total. The predicted octanol–water partition coefficient (Wildman–Crippen LogP) is 0.416. The molecule has 0 radical (unpaired) electrons. The summed E-state index contributed by atoms with van der Waals surface area (Å²) in [5.41, 5.74) is 2.86. The van der Waals surface area contributed by atoms with Crippen LogP contribution in [0.1, 0.15) is 36.8 Å². The highest BCUT2D eigenvalue weighted by molar-refractivity contribution is 5.22. The van der Waals surface area contributed by atoms with Gasteiger partial charge in [0.2, 0.25) is 0 Å². The van der Waals surface area contributed by atoms with E-state index in [0.717, 1.165) is 118 Å². The van der Waals surface area contributed by atoms with Crippen molar-refractivity contribution < 1.29 is 0 Å². The van der Waals surface area contributed by atoms with E-state index in [-0.39, 0.29) is 0 Å². The van der Waals surface area contributed by atoms with Crippen molar-refractivity contribution in [3.63, 3.8) is 0 Å². The van der Waals surface area contributed by atoms with E-state index in [9.17, 15) is 0 Å². The molecule has 0 amide bonds. The van der Waals surface area contributed by atoms with Crippen LogP contribution < -0.4 is 31.9 Å². The molecule has 0 aromatic heterocycles. The summed E-state index contributed by atoms with van der Waals surface area (Å²) in [5.74, 6) is 0. The van der Waals surface area contributed by atoms with Crippen molar-refractivity contribution in [2.45, 2.75) is 38.8 Å². The maximum atomic E-state index is 3.60. The lowest BCUT2D eigenvalue weighted by molar-refractivity contribution is 0.255. The van der Waals surface area contributed by atoms with Crippen molar-refractivity contribution in [2.75, 3.05) is 105 Å². The molecule has 2 heterocycles. The number of benzene rings is 1. The molecule has 2 aliphatic heterocycles. The highest BCUT2D eigenvalue weighted by Gasteiger charge is 2.09. The van der Waals surface area contributed by atoms with Crippen LogP contribution in [0, 0.1) is 0 Å². The fourth-order valence-electron chi connectivity index (χ4n) is 4.95. The molecular formula is C28H54N8. The highest BCUT2D eigenvalue weighted by Crippen LogP contribution is 2.11. The molecule has 1 aromatic rings. The van der Waals surface area contributed by atoms with Gasteiger partial charge in [0, 0.05) is 65.4 Å². The molecule has 1 aromatic carbocycles. The zero-order valence-electron chi connectivity index (χ0n) is 22.8. The van der Waals surface area contributed by atoms with E-state index in [1.165, 1.54) is 36.8 Å². The standard InChI is InChI=1S/C28H54N8/c1-9-29-11-2-23-36(24-20-34-19-16-30-10-1)26-28-7-5-27(6-8-28)25-35-21-3-12-31-14-17-33-18-15-32-13-4-22-35/h5-8,29-34H,1-4,9-26H2. The molecule has 206 valence electrons. The maximum Gasteiger partial charge on any atom is 0.0234 e. The Morgan fingerprint density at radius 2 is 0.722 bits per heavy atom. The van der Waals surface area contributed by atoms with Crippen LogP contribution in [0.2, 0.25) is 0 Å². The van der Waals surface area contributed by atoms with E-state index in [1.807, 2.05) is 0 Å². The van der Waals surface area contributed by atoms with Gasteiger partial charge in [0.25, 0.3) is 0 Å². The molecule has 3 rings (SSSR count). The van der Waals surface area contributed by atoms with Crippen molar-refractivity contribution in [1.82, 2.24) is 41.7 Å². The first-order valence-electron chi connectivity index (χ1n) is 14.7. The van der Waals surface area contributed by atoms with E-state index >= 15 is 0 Å². The lowest BCUT2D eigenvalue weighted by Gasteiger charge is -2.24. The molecule has 0 saturated carbocycles. The summed E-state index contributed by atoms with van der Waals surface area (Å²) in [7, 11) is 0. The minimum Gasteiger partial charge on any atom is -0.317 e. The van der Waals surface area contributed by atoms with Gasteiger partial charge in [0.15, 0.2) is 0 Å². The fourth-order valence-corrected chi connectivity index (χ4v) is 4.95. The second-order valence-electron chi connectivity index (χ2n) is 10.3. The number of hydrogen-bond donors (Lipinski definition) is 6. The molecule has 2 aliphatic rings. The van der Waals surface area contributed by atoms with E-state index in [2.05, 4.69) is 66.0 Å². The highest BCUT2D eigenvalue weighted by atomic mass is 15.1. The molecule has 0 spiro atoms. The molecule has 0 aliphatic carbocycles. The molecule has 0 unspecified atom stereocenters. The fraction of sp³-hybridized carbons (Fsp3) is 0.786. The van der Waals surface area contributed by atoms with Crippen LogP contribution in [0.5, 0.6) is 0 Å². The minimum absolute atomic E-state index is 1.04. The Labute approximate surface area is 220 Å². The Hall–Kier alpha value is -1.10. The smallest absolute Gasteiger partial charge is 0.0234 e. The van der Waals surface area contributed by atoms with E-state index in [1.54, 1.807) is 0 Å². The summed E-state index contributed by atoms with van der Waals surface area (Å²) in [5, 5.41) is 21.4. The molecule has 2 fully saturated rings. The third-order valence-corrected chi connectivity index (χ3v) is 7.07. The van der Waals surface area contributed by atoms with Gasteiger partial charge in [-0.3, -0.25) is 9.80 Å². The third-order valence-electron chi connectivity index (χ3n) is 7.07. The second-order valence-corrected chi connectivity index (χ2v) is 10.3. The summed E-state index contributed by atoms with van der Waals surface area (Å²) < 4.78 is 0. The second kappa shape index (κ2) is 19.9. The zero-order chi connectivity index (χ0) is 24.9. The van der Waals surface area contributed by atoms with Crippen molar-refractivity contribution >= 4 is 0 Å². The van der Waals surface area contributed by atoms with Gasteiger partial charge in [-0.1, -0.05) is 24.3 Å². The molecule has 8 heteroatoms. The Balaban J connectivity index is 1.45. The summed E-state index contributed by atoms with van der Waals surface area (Å²) >= 11 is 0. The first-order chi connectivity index (χ1) is 17.9. The Bertz CT molecular complexity index is 558. The first-order valence-corrected chi connectivity index (χ1v) is 14.7. The third kappa shape index (κ3) is 14.0.